The second kappa shape index (κ2) is 8.41. The van der Waals surface area contributed by atoms with Crippen molar-refractivity contribution in [3.63, 3.8) is 0 Å². The topological polar surface area (TPSA) is 60.0 Å². The van der Waals surface area contributed by atoms with Crippen LogP contribution in [0.2, 0.25) is 0 Å². The molecule has 0 aliphatic carbocycles. The lowest BCUT2D eigenvalue weighted by Crippen LogP contribution is -2.24. The Balaban J connectivity index is 2.21. The molecule has 0 spiro atoms. The van der Waals surface area contributed by atoms with Gasteiger partial charge in [-0.2, -0.15) is 0 Å². The highest BCUT2D eigenvalue weighted by Crippen LogP contribution is 2.34. The SMILES string of the molecule is COc1cc(OC)c(CN[C@@H](CO)c2ccccc2)c(OC)c1. The van der Waals surface area contributed by atoms with Crippen molar-refractivity contribution in [1.82, 2.24) is 5.32 Å². The summed E-state index contributed by atoms with van der Waals surface area (Å²) in [6.07, 6.45) is 0. The van der Waals surface area contributed by atoms with Gasteiger partial charge in [0.2, 0.25) is 0 Å². The summed E-state index contributed by atoms with van der Waals surface area (Å²) in [5.74, 6) is 2.03. The van der Waals surface area contributed by atoms with Gasteiger partial charge >= 0.3 is 0 Å². The standard InChI is InChI=1S/C18H23NO4/c1-21-14-9-17(22-2)15(18(10-14)23-3)11-19-16(12-20)13-7-5-4-6-8-13/h4-10,16,19-20H,11-12H2,1-3H3/t16-/m0/s1. The van der Waals surface area contributed by atoms with E-state index in [9.17, 15) is 5.11 Å². The fourth-order valence-electron chi connectivity index (χ4n) is 2.45. The zero-order valence-corrected chi connectivity index (χ0v) is 13.7. The zero-order chi connectivity index (χ0) is 16.7. The van der Waals surface area contributed by atoms with E-state index >= 15 is 0 Å². The molecule has 5 heteroatoms. The van der Waals surface area contributed by atoms with Gasteiger partial charge in [0.15, 0.2) is 0 Å². The van der Waals surface area contributed by atoms with Gasteiger partial charge in [-0.05, 0) is 5.56 Å². The second-order valence-electron chi connectivity index (χ2n) is 5.04. The lowest BCUT2D eigenvalue weighted by Gasteiger charge is -2.20. The molecule has 0 radical (unpaired) electrons. The van der Waals surface area contributed by atoms with Crippen molar-refractivity contribution in [3.05, 3.63) is 53.6 Å². The molecule has 0 unspecified atom stereocenters. The van der Waals surface area contributed by atoms with Crippen LogP contribution in [0.3, 0.4) is 0 Å². The van der Waals surface area contributed by atoms with Crippen molar-refractivity contribution in [2.24, 2.45) is 0 Å². The Labute approximate surface area is 136 Å². The maximum atomic E-state index is 9.65. The molecule has 23 heavy (non-hydrogen) atoms. The van der Waals surface area contributed by atoms with E-state index in [4.69, 9.17) is 14.2 Å². The number of hydrogen-bond donors (Lipinski definition) is 2. The quantitative estimate of drug-likeness (QED) is 0.783. The number of methoxy groups -OCH3 is 3. The van der Waals surface area contributed by atoms with E-state index in [1.165, 1.54) is 0 Å². The minimum absolute atomic E-state index is 0.00476. The lowest BCUT2D eigenvalue weighted by atomic mass is 10.1. The van der Waals surface area contributed by atoms with Crippen LogP contribution < -0.4 is 19.5 Å². The van der Waals surface area contributed by atoms with Crippen LogP contribution in [0.1, 0.15) is 17.2 Å². The minimum Gasteiger partial charge on any atom is -0.496 e. The van der Waals surface area contributed by atoms with E-state index in [1.807, 2.05) is 42.5 Å². The van der Waals surface area contributed by atoms with Crippen molar-refractivity contribution in [2.75, 3.05) is 27.9 Å². The molecule has 1 atom stereocenters. The van der Waals surface area contributed by atoms with E-state index in [-0.39, 0.29) is 12.6 Å². The number of aliphatic hydroxyl groups is 1. The molecule has 0 aromatic heterocycles. The maximum absolute atomic E-state index is 9.65. The average Bonchev–Trinajstić information content (AvgIpc) is 2.62. The van der Waals surface area contributed by atoms with Gasteiger partial charge in [-0.25, -0.2) is 0 Å². The summed E-state index contributed by atoms with van der Waals surface area (Å²) >= 11 is 0. The fourth-order valence-corrected chi connectivity index (χ4v) is 2.45. The molecule has 0 bridgehead atoms. The van der Waals surface area contributed by atoms with Gasteiger partial charge in [0.05, 0.1) is 39.5 Å². The first kappa shape index (κ1) is 17.1. The van der Waals surface area contributed by atoms with Crippen LogP contribution in [0.4, 0.5) is 0 Å². The normalized spacial score (nSPS) is 11.8. The summed E-state index contributed by atoms with van der Waals surface area (Å²) in [7, 11) is 4.82. The monoisotopic (exact) mass is 317 g/mol. The highest BCUT2D eigenvalue weighted by molar-refractivity contribution is 5.50. The molecule has 0 saturated carbocycles. The van der Waals surface area contributed by atoms with Crippen LogP contribution in [0.5, 0.6) is 17.2 Å². The third-order valence-corrected chi connectivity index (χ3v) is 3.73. The number of aliphatic hydroxyl groups excluding tert-OH is 1. The van der Waals surface area contributed by atoms with Crippen LogP contribution in [-0.4, -0.2) is 33.0 Å². The average molecular weight is 317 g/mol. The molecule has 0 aliphatic heterocycles. The van der Waals surface area contributed by atoms with E-state index in [0.717, 1.165) is 11.1 Å². The van der Waals surface area contributed by atoms with Crippen LogP contribution >= 0.6 is 0 Å². The Bertz CT molecular complexity index is 591. The number of benzene rings is 2. The summed E-state index contributed by atoms with van der Waals surface area (Å²) in [4.78, 5) is 0. The number of hydrogen-bond acceptors (Lipinski definition) is 5. The summed E-state index contributed by atoms with van der Waals surface area (Å²) < 4.78 is 16.1. The number of nitrogens with one attached hydrogen (secondary N) is 1. The largest absolute Gasteiger partial charge is 0.496 e. The summed E-state index contributed by atoms with van der Waals surface area (Å²) in [5.41, 5.74) is 1.91. The van der Waals surface area contributed by atoms with Crippen molar-refractivity contribution in [2.45, 2.75) is 12.6 Å². The van der Waals surface area contributed by atoms with Gasteiger partial charge in [0.1, 0.15) is 17.2 Å². The summed E-state index contributed by atoms with van der Waals surface area (Å²) in [5, 5.41) is 13.0. The first-order valence-electron chi connectivity index (χ1n) is 7.41. The van der Waals surface area contributed by atoms with Gasteiger partial charge in [0.25, 0.3) is 0 Å². The van der Waals surface area contributed by atoms with Gasteiger partial charge in [-0.1, -0.05) is 30.3 Å². The predicted octanol–water partition coefficient (Wildman–Crippen LogP) is 2.54. The molecule has 2 aromatic carbocycles. The predicted molar refractivity (Wildman–Crippen MR) is 89.2 cm³/mol. The van der Waals surface area contributed by atoms with Gasteiger partial charge in [-0.3, -0.25) is 0 Å². The molecular formula is C18H23NO4. The Kier molecular flexibility index (Phi) is 6.26. The fraction of sp³-hybridized carbons (Fsp3) is 0.333. The Hall–Kier alpha value is -2.24. The highest BCUT2D eigenvalue weighted by atomic mass is 16.5. The summed E-state index contributed by atoms with van der Waals surface area (Å²) in [6.45, 7) is 0.501. The molecule has 2 aromatic rings. The maximum Gasteiger partial charge on any atom is 0.130 e. The Morgan fingerprint density at radius 1 is 0.957 bits per heavy atom. The number of ether oxygens (including phenoxy) is 3. The highest BCUT2D eigenvalue weighted by Gasteiger charge is 2.16. The minimum atomic E-state index is -0.160. The van der Waals surface area contributed by atoms with Crippen molar-refractivity contribution < 1.29 is 19.3 Å². The van der Waals surface area contributed by atoms with Crippen molar-refractivity contribution >= 4 is 0 Å². The van der Waals surface area contributed by atoms with E-state index in [1.54, 1.807) is 21.3 Å². The first-order valence-corrected chi connectivity index (χ1v) is 7.41. The molecule has 0 amide bonds. The zero-order valence-electron chi connectivity index (χ0n) is 13.7. The van der Waals surface area contributed by atoms with Gasteiger partial charge < -0.3 is 24.6 Å². The van der Waals surface area contributed by atoms with Crippen LogP contribution in [0, 0.1) is 0 Å². The molecule has 0 aliphatic rings. The molecular weight excluding hydrogens is 294 g/mol. The number of rotatable bonds is 8. The third kappa shape index (κ3) is 4.15. The smallest absolute Gasteiger partial charge is 0.130 e. The van der Waals surface area contributed by atoms with E-state index in [2.05, 4.69) is 5.32 Å². The molecule has 2 rings (SSSR count). The second-order valence-corrected chi connectivity index (χ2v) is 5.04. The molecule has 0 fully saturated rings. The van der Waals surface area contributed by atoms with E-state index < -0.39 is 0 Å². The van der Waals surface area contributed by atoms with Crippen molar-refractivity contribution in [3.8, 4) is 17.2 Å². The molecule has 5 nitrogen and oxygen atoms in total. The van der Waals surface area contributed by atoms with Crippen LogP contribution in [0.15, 0.2) is 42.5 Å². The third-order valence-electron chi connectivity index (χ3n) is 3.73. The lowest BCUT2D eigenvalue weighted by molar-refractivity contribution is 0.242. The van der Waals surface area contributed by atoms with Crippen LogP contribution in [0.25, 0.3) is 0 Å². The van der Waals surface area contributed by atoms with Gasteiger partial charge in [0, 0.05) is 18.7 Å². The molecule has 124 valence electrons. The Morgan fingerprint density at radius 3 is 2.04 bits per heavy atom. The van der Waals surface area contributed by atoms with Gasteiger partial charge in [-0.15, -0.1) is 0 Å². The van der Waals surface area contributed by atoms with Crippen molar-refractivity contribution in [1.29, 1.82) is 0 Å². The molecule has 0 heterocycles. The molecule has 0 saturated heterocycles. The first-order chi connectivity index (χ1) is 11.2. The van der Waals surface area contributed by atoms with Crippen LogP contribution in [-0.2, 0) is 6.54 Å². The molecule has 2 N–H and O–H groups in total. The Morgan fingerprint density at radius 2 is 1.57 bits per heavy atom. The van der Waals surface area contributed by atoms with E-state index in [0.29, 0.717) is 23.8 Å². The summed E-state index contributed by atoms with van der Waals surface area (Å²) in [6, 6.07) is 13.3.